The van der Waals surface area contributed by atoms with E-state index in [1.165, 1.54) is 11.3 Å². The number of hydrogen-bond acceptors (Lipinski definition) is 4. The number of likely N-dealkylation sites (tertiary alicyclic amines) is 1. The molecular weight excluding hydrogens is 224 g/mol. The van der Waals surface area contributed by atoms with Crippen LogP contribution in [0.5, 0.6) is 0 Å². The number of nitrogens with zero attached hydrogens (tertiary/aromatic N) is 2. The molecule has 1 aliphatic rings. The lowest BCUT2D eigenvalue weighted by molar-refractivity contribution is -0.125. The third-order valence-corrected chi connectivity index (χ3v) is 3.54. The maximum absolute atomic E-state index is 12.0. The minimum absolute atomic E-state index is 0.0105. The van der Waals surface area contributed by atoms with E-state index in [1.807, 2.05) is 6.92 Å². The molecule has 1 fully saturated rings. The summed E-state index contributed by atoms with van der Waals surface area (Å²) in [6.07, 6.45) is 1.29. The Labute approximate surface area is 98.3 Å². The number of carbonyl (C=O) groups excluding carboxylic acids is 2. The van der Waals surface area contributed by atoms with E-state index in [1.54, 1.807) is 15.8 Å². The quantitative estimate of drug-likeness (QED) is 0.786. The summed E-state index contributed by atoms with van der Waals surface area (Å²) >= 11 is 1.41. The van der Waals surface area contributed by atoms with Crippen LogP contribution < -0.4 is 0 Å². The number of carbonyl (C=O) groups is 2. The Hall–Kier alpha value is -1.23. The van der Waals surface area contributed by atoms with Gasteiger partial charge in [-0.25, -0.2) is 4.98 Å². The van der Waals surface area contributed by atoms with Crippen LogP contribution in [0.4, 0.5) is 0 Å². The standard InChI is InChI=1S/C11H14N2O2S/c1-2-8-5-13(4-3-10(8)14)11(15)9-6-16-7-12-9/h6-8H,2-5H2,1H3. The fourth-order valence-electron chi connectivity index (χ4n) is 1.93. The molecule has 1 aromatic rings. The van der Waals surface area contributed by atoms with Crippen LogP contribution in [0.1, 0.15) is 30.3 Å². The molecule has 0 aliphatic carbocycles. The Balaban J connectivity index is 2.06. The first-order valence-corrected chi connectivity index (χ1v) is 6.36. The molecule has 5 heteroatoms. The number of Topliss-reactive ketones (excluding diaryl/α,β-unsaturated/α-hetero) is 1. The molecule has 0 radical (unpaired) electrons. The summed E-state index contributed by atoms with van der Waals surface area (Å²) in [5.41, 5.74) is 2.15. The van der Waals surface area contributed by atoms with Gasteiger partial charge in [0.05, 0.1) is 5.51 Å². The molecule has 1 amide bonds. The predicted octanol–water partition coefficient (Wildman–Crippen LogP) is 1.58. The average Bonchev–Trinajstić information content (AvgIpc) is 2.82. The number of amides is 1. The minimum atomic E-state index is -0.0489. The summed E-state index contributed by atoms with van der Waals surface area (Å²) < 4.78 is 0. The summed E-state index contributed by atoms with van der Waals surface area (Å²) in [5, 5.41) is 1.75. The van der Waals surface area contributed by atoms with Gasteiger partial charge in [0.15, 0.2) is 0 Å². The van der Waals surface area contributed by atoms with E-state index < -0.39 is 0 Å². The Kier molecular flexibility index (Phi) is 3.33. The monoisotopic (exact) mass is 238 g/mol. The molecule has 0 bridgehead atoms. The van der Waals surface area contributed by atoms with Gasteiger partial charge in [0.25, 0.3) is 5.91 Å². The van der Waals surface area contributed by atoms with Crippen molar-refractivity contribution in [2.75, 3.05) is 13.1 Å². The highest BCUT2D eigenvalue weighted by Crippen LogP contribution is 2.18. The second kappa shape index (κ2) is 4.74. The van der Waals surface area contributed by atoms with E-state index in [0.717, 1.165) is 6.42 Å². The molecule has 1 aromatic heterocycles. The number of thiazole rings is 1. The summed E-state index contributed by atoms with van der Waals surface area (Å²) in [7, 11) is 0. The van der Waals surface area contributed by atoms with Gasteiger partial charge in [0, 0.05) is 30.8 Å². The lowest BCUT2D eigenvalue weighted by Gasteiger charge is -2.30. The first-order chi connectivity index (χ1) is 7.72. The van der Waals surface area contributed by atoms with Crippen LogP contribution in [0.25, 0.3) is 0 Å². The Morgan fingerprint density at radius 1 is 1.69 bits per heavy atom. The molecule has 0 N–H and O–H groups in total. The topological polar surface area (TPSA) is 50.3 Å². The molecule has 1 unspecified atom stereocenters. The number of aromatic nitrogens is 1. The molecule has 16 heavy (non-hydrogen) atoms. The third-order valence-electron chi connectivity index (χ3n) is 2.96. The van der Waals surface area contributed by atoms with Crippen molar-refractivity contribution in [3.8, 4) is 0 Å². The molecule has 0 spiro atoms. The van der Waals surface area contributed by atoms with Crippen LogP contribution >= 0.6 is 11.3 Å². The van der Waals surface area contributed by atoms with Gasteiger partial charge in [-0.15, -0.1) is 11.3 Å². The molecule has 1 saturated heterocycles. The van der Waals surface area contributed by atoms with Gasteiger partial charge < -0.3 is 4.90 Å². The predicted molar refractivity (Wildman–Crippen MR) is 61.4 cm³/mol. The maximum atomic E-state index is 12.0. The van der Waals surface area contributed by atoms with E-state index >= 15 is 0 Å². The Bertz CT molecular complexity index is 389. The minimum Gasteiger partial charge on any atom is -0.336 e. The highest BCUT2D eigenvalue weighted by molar-refractivity contribution is 7.07. The van der Waals surface area contributed by atoms with Crippen molar-refractivity contribution in [1.82, 2.24) is 9.88 Å². The number of rotatable bonds is 2. The van der Waals surface area contributed by atoms with Crippen LogP contribution in [0, 0.1) is 5.92 Å². The van der Waals surface area contributed by atoms with Gasteiger partial charge in [-0.2, -0.15) is 0 Å². The van der Waals surface area contributed by atoms with Gasteiger partial charge in [0.2, 0.25) is 0 Å². The number of piperidine rings is 1. The van der Waals surface area contributed by atoms with Gasteiger partial charge in [0.1, 0.15) is 11.5 Å². The van der Waals surface area contributed by atoms with Crippen molar-refractivity contribution in [2.24, 2.45) is 5.92 Å². The smallest absolute Gasteiger partial charge is 0.273 e. The van der Waals surface area contributed by atoms with Gasteiger partial charge in [-0.3, -0.25) is 9.59 Å². The molecule has 4 nitrogen and oxygen atoms in total. The van der Waals surface area contributed by atoms with Crippen LogP contribution in [-0.4, -0.2) is 34.7 Å². The van der Waals surface area contributed by atoms with Gasteiger partial charge in [-0.1, -0.05) is 6.92 Å². The van der Waals surface area contributed by atoms with E-state index in [2.05, 4.69) is 4.98 Å². The van der Waals surface area contributed by atoms with Crippen LogP contribution in [0.3, 0.4) is 0 Å². The number of hydrogen-bond donors (Lipinski definition) is 0. The molecule has 2 rings (SSSR count). The Morgan fingerprint density at radius 2 is 2.50 bits per heavy atom. The summed E-state index contributed by atoms with van der Waals surface area (Å²) in [6.45, 7) is 3.07. The summed E-state index contributed by atoms with van der Waals surface area (Å²) in [4.78, 5) is 29.3. The molecule has 1 atom stereocenters. The highest BCUT2D eigenvalue weighted by Gasteiger charge is 2.29. The van der Waals surface area contributed by atoms with E-state index in [0.29, 0.717) is 25.2 Å². The lowest BCUT2D eigenvalue weighted by Crippen LogP contribution is -2.44. The zero-order chi connectivity index (χ0) is 11.5. The second-order valence-corrected chi connectivity index (χ2v) is 4.67. The van der Waals surface area contributed by atoms with Crippen molar-refractivity contribution >= 4 is 23.0 Å². The van der Waals surface area contributed by atoms with Crippen LogP contribution in [0.15, 0.2) is 10.9 Å². The van der Waals surface area contributed by atoms with E-state index in [-0.39, 0.29) is 17.6 Å². The first-order valence-electron chi connectivity index (χ1n) is 5.42. The van der Waals surface area contributed by atoms with Crippen LogP contribution in [-0.2, 0) is 4.79 Å². The summed E-state index contributed by atoms with van der Waals surface area (Å²) in [5.74, 6) is 0.244. The zero-order valence-electron chi connectivity index (χ0n) is 9.18. The van der Waals surface area contributed by atoms with Crippen molar-refractivity contribution in [1.29, 1.82) is 0 Å². The molecular formula is C11H14N2O2S. The highest BCUT2D eigenvalue weighted by atomic mass is 32.1. The van der Waals surface area contributed by atoms with Gasteiger partial charge >= 0.3 is 0 Å². The lowest BCUT2D eigenvalue weighted by atomic mass is 9.94. The van der Waals surface area contributed by atoms with Crippen LogP contribution in [0.2, 0.25) is 0 Å². The first kappa shape index (κ1) is 11.3. The Morgan fingerprint density at radius 3 is 3.12 bits per heavy atom. The molecule has 86 valence electrons. The van der Waals surface area contributed by atoms with Crippen molar-refractivity contribution in [3.63, 3.8) is 0 Å². The fraction of sp³-hybridized carbons (Fsp3) is 0.545. The number of ketones is 1. The fourth-order valence-corrected chi connectivity index (χ4v) is 2.46. The van der Waals surface area contributed by atoms with E-state index in [9.17, 15) is 9.59 Å². The third kappa shape index (κ3) is 2.14. The van der Waals surface area contributed by atoms with Gasteiger partial charge in [-0.05, 0) is 6.42 Å². The zero-order valence-corrected chi connectivity index (χ0v) is 10.00. The normalized spacial score (nSPS) is 21.2. The summed E-state index contributed by atoms with van der Waals surface area (Å²) in [6, 6.07) is 0. The molecule has 0 saturated carbocycles. The molecule has 1 aliphatic heterocycles. The van der Waals surface area contributed by atoms with Crippen molar-refractivity contribution in [2.45, 2.75) is 19.8 Å². The molecule has 2 heterocycles. The average molecular weight is 238 g/mol. The largest absolute Gasteiger partial charge is 0.336 e. The van der Waals surface area contributed by atoms with Crippen molar-refractivity contribution < 1.29 is 9.59 Å². The van der Waals surface area contributed by atoms with E-state index in [4.69, 9.17) is 0 Å². The second-order valence-electron chi connectivity index (χ2n) is 3.95. The molecule has 0 aromatic carbocycles. The maximum Gasteiger partial charge on any atom is 0.273 e. The SMILES string of the molecule is CCC1CN(C(=O)c2cscn2)CCC1=O. The van der Waals surface area contributed by atoms with Crippen molar-refractivity contribution in [3.05, 3.63) is 16.6 Å².